The van der Waals surface area contributed by atoms with Crippen molar-refractivity contribution in [1.82, 2.24) is 0 Å². The van der Waals surface area contributed by atoms with Crippen molar-refractivity contribution in [1.29, 1.82) is 5.26 Å². The van der Waals surface area contributed by atoms with Gasteiger partial charge in [0.05, 0.1) is 6.07 Å². The molecule has 0 bridgehead atoms. The predicted molar refractivity (Wildman–Crippen MR) is 52.8 cm³/mol. The lowest BCUT2D eigenvalue weighted by Crippen LogP contribution is -1.86. The van der Waals surface area contributed by atoms with Gasteiger partial charge in [0.1, 0.15) is 0 Å². The third kappa shape index (κ3) is 2.35. The molecule has 0 fully saturated rings. The normalized spacial score (nSPS) is 9.42. The van der Waals surface area contributed by atoms with Gasteiger partial charge in [0.2, 0.25) is 0 Å². The fourth-order valence-electron chi connectivity index (χ4n) is 1.05. The lowest BCUT2D eigenvalue weighted by Gasteiger charge is -2.01. The van der Waals surface area contributed by atoms with Crippen LogP contribution in [0.4, 0.5) is 0 Å². The number of halogens is 1. The van der Waals surface area contributed by atoms with Crippen LogP contribution in [0.1, 0.15) is 17.5 Å². The number of hydrogen-bond acceptors (Lipinski definition) is 1. The molecule has 1 nitrogen and oxygen atoms in total. The fourth-order valence-corrected chi connectivity index (χ4v) is 1.74. The highest BCUT2D eigenvalue weighted by Crippen LogP contribution is 2.19. The summed E-state index contributed by atoms with van der Waals surface area (Å²) in [6.45, 7) is 2.05. The van der Waals surface area contributed by atoms with E-state index in [-0.39, 0.29) is 0 Å². The average molecular weight is 224 g/mol. The Kier molecular flexibility index (Phi) is 3.31. The second kappa shape index (κ2) is 4.27. The van der Waals surface area contributed by atoms with Crippen LogP contribution in [0.5, 0.6) is 0 Å². The molecule has 0 aliphatic carbocycles. The third-order valence-electron chi connectivity index (χ3n) is 1.71. The first kappa shape index (κ1) is 9.28. The first-order valence-electron chi connectivity index (χ1n) is 3.86. The summed E-state index contributed by atoms with van der Waals surface area (Å²) < 4.78 is 1.11. The minimum absolute atomic E-state index is 0.585. The smallest absolute Gasteiger partial charge is 0.0625 e. The fraction of sp³-hybridized carbons (Fsp3) is 0.300. The van der Waals surface area contributed by atoms with Crippen LogP contribution in [0.2, 0.25) is 0 Å². The highest BCUT2D eigenvalue weighted by atomic mass is 79.9. The molecular weight excluding hydrogens is 214 g/mol. The van der Waals surface area contributed by atoms with E-state index in [4.69, 9.17) is 5.26 Å². The monoisotopic (exact) mass is 223 g/mol. The Balaban J connectivity index is 2.81. The van der Waals surface area contributed by atoms with Crippen LogP contribution in [0.15, 0.2) is 22.7 Å². The summed E-state index contributed by atoms with van der Waals surface area (Å²) in [5, 5.41) is 8.41. The van der Waals surface area contributed by atoms with Crippen LogP contribution < -0.4 is 0 Å². The molecule has 12 heavy (non-hydrogen) atoms. The van der Waals surface area contributed by atoms with Gasteiger partial charge in [0, 0.05) is 10.9 Å². The molecule has 1 aromatic carbocycles. The summed E-state index contributed by atoms with van der Waals surface area (Å²) in [7, 11) is 0. The molecule has 0 N–H and O–H groups in total. The van der Waals surface area contributed by atoms with E-state index in [1.807, 2.05) is 0 Å². The van der Waals surface area contributed by atoms with Crippen molar-refractivity contribution in [2.75, 3.05) is 0 Å². The summed E-state index contributed by atoms with van der Waals surface area (Å²) >= 11 is 3.47. The standard InChI is InChI=1S/C10H10BrN/c1-8-4-5-9(3-2-6-12)10(11)7-8/h4-5,7H,2-3H2,1H3. The van der Waals surface area contributed by atoms with Crippen LogP contribution in [-0.2, 0) is 6.42 Å². The summed E-state index contributed by atoms with van der Waals surface area (Å²) in [4.78, 5) is 0. The van der Waals surface area contributed by atoms with Gasteiger partial charge in [-0.25, -0.2) is 0 Å². The molecule has 0 aromatic heterocycles. The van der Waals surface area contributed by atoms with Crippen LogP contribution in [0, 0.1) is 18.3 Å². The van der Waals surface area contributed by atoms with Crippen LogP contribution in [0.3, 0.4) is 0 Å². The Labute approximate surface area is 81.2 Å². The number of rotatable bonds is 2. The van der Waals surface area contributed by atoms with Gasteiger partial charge in [-0.2, -0.15) is 5.26 Å². The molecule has 0 amide bonds. The van der Waals surface area contributed by atoms with Gasteiger partial charge in [0.25, 0.3) is 0 Å². The topological polar surface area (TPSA) is 23.8 Å². The lowest BCUT2D eigenvalue weighted by molar-refractivity contribution is 1.00. The molecule has 0 saturated heterocycles. The van der Waals surface area contributed by atoms with E-state index in [0.29, 0.717) is 6.42 Å². The van der Waals surface area contributed by atoms with E-state index >= 15 is 0 Å². The van der Waals surface area contributed by atoms with E-state index in [0.717, 1.165) is 10.9 Å². The summed E-state index contributed by atoms with van der Waals surface area (Å²) in [6, 6.07) is 8.35. The summed E-state index contributed by atoms with van der Waals surface area (Å²) in [6.07, 6.45) is 1.42. The molecule has 0 heterocycles. The number of nitrogens with zero attached hydrogens (tertiary/aromatic N) is 1. The summed E-state index contributed by atoms with van der Waals surface area (Å²) in [5.41, 5.74) is 2.45. The Morgan fingerprint density at radius 2 is 2.25 bits per heavy atom. The van der Waals surface area contributed by atoms with Crippen molar-refractivity contribution in [3.8, 4) is 6.07 Å². The predicted octanol–water partition coefficient (Wildman–Crippen LogP) is 3.21. The van der Waals surface area contributed by atoms with Gasteiger partial charge >= 0.3 is 0 Å². The zero-order valence-electron chi connectivity index (χ0n) is 6.97. The molecule has 0 unspecified atom stereocenters. The van der Waals surface area contributed by atoms with Crippen molar-refractivity contribution in [3.63, 3.8) is 0 Å². The van der Waals surface area contributed by atoms with Crippen LogP contribution in [-0.4, -0.2) is 0 Å². The SMILES string of the molecule is Cc1ccc(CCC#N)c(Br)c1. The number of nitriles is 1. The summed E-state index contributed by atoms with van der Waals surface area (Å²) in [5.74, 6) is 0. The maximum atomic E-state index is 8.41. The van der Waals surface area contributed by atoms with Gasteiger partial charge in [0.15, 0.2) is 0 Å². The van der Waals surface area contributed by atoms with Crippen LogP contribution in [0.25, 0.3) is 0 Å². The highest BCUT2D eigenvalue weighted by molar-refractivity contribution is 9.10. The molecule has 0 aliphatic rings. The zero-order valence-corrected chi connectivity index (χ0v) is 8.56. The Hall–Kier alpha value is -0.810. The second-order valence-corrected chi connectivity index (χ2v) is 3.61. The van der Waals surface area contributed by atoms with E-state index in [2.05, 4.69) is 47.1 Å². The Bertz CT molecular complexity index is 312. The van der Waals surface area contributed by atoms with E-state index < -0.39 is 0 Å². The maximum absolute atomic E-state index is 8.41. The first-order valence-corrected chi connectivity index (χ1v) is 4.65. The third-order valence-corrected chi connectivity index (χ3v) is 2.45. The van der Waals surface area contributed by atoms with Crippen molar-refractivity contribution >= 4 is 15.9 Å². The molecule has 0 spiro atoms. The molecule has 2 heteroatoms. The van der Waals surface area contributed by atoms with Crippen molar-refractivity contribution in [3.05, 3.63) is 33.8 Å². The lowest BCUT2D eigenvalue weighted by atomic mass is 10.1. The molecular formula is C10H10BrN. The van der Waals surface area contributed by atoms with Crippen molar-refractivity contribution < 1.29 is 0 Å². The molecule has 0 atom stereocenters. The quantitative estimate of drug-likeness (QED) is 0.756. The van der Waals surface area contributed by atoms with E-state index in [9.17, 15) is 0 Å². The first-order chi connectivity index (χ1) is 5.74. The molecule has 0 radical (unpaired) electrons. The Morgan fingerprint density at radius 1 is 1.50 bits per heavy atom. The van der Waals surface area contributed by atoms with Gasteiger partial charge in [-0.15, -0.1) is 0 Å². The van der Waals surface area contributed by atoms with Crippen molar-refractivity contribution in [2.45, 2.75) is 19.8 Å². The van der Waals surface area contributed by atoms with E-state index in [1.54, 1.807) is 0 Å². The minimum atomic E-state index is 0.585. The van der Waals surface area contributed by atoms with Crippen molar-refractivity contribution in [2.24, 2.45) is 0 Å². The van der Waals surface area contributed by atoms with Crippen LogP contribution >= 0.6 is 15.9 Å². The largest absolute Gasteiger partial charge is 0.198 e. The molecule has 1 rings (SSSR count). The highest BCUT2D eigenvalue weighted by Gasteiger charge is 1.98. The molecule has 0 saturated carbocycles. The number of aryl methyl sites for hydroxylation is 2. The number of benzene rings is 1. The zero-order chi connectivity index (χ0) is 8.97. The van der Waals surface area contributed by atoms with Gasteiger partial charge < -0.3 is 0 Å². The van der Waals surface area contributed by atoms with Gasteiger partial charge in [-0.1, -0.05) is 28.1 Å². The van der Waals surface area contributed by atoms with Gasteiger partial charge in [-0.3, -0.25) is 0 Å². The van der Waals surface area contributed by atoms with E-state index in [1.165, 1.54) is 11.1 Å². The average Bonchev–Trinajstić information content (AvgIpc) is 2.03. The minimum Gasteiger partial charge on any atom is -0.198 e. The molecule has 0 aliphatic heterocycles. The van der Waals surface area contributed by atoms with Gasteiger partial charge in [-0.05, 0) is 30.5 Å². The Morgan fingerprint density at radius 3 is 2.83 bits per heavy atom. The number of hydrogen-bond donors (Lipinski definition) is 0. The maximum Gasteiger partial charge on any atom is 0.0625 e. The molecule has 62 valence electrons. The molecule has 1 aromatic rings. The second-order valence-electron chi connectivity index (χ2n) is 2.75.